The van der Waals surface area contributed by atoms with Crippen LogP contribution in [0, 0.1) is 17.2 Å². The molecule has 0 radical (unpaired) electrons. The van der Waals surface area contributed by atoms with Gasteiger partial charge in [-0.1, -0.05) is 25.1 Å². The number of nitrogens with one attached hydrogen (secondary N) is 1. The van der Waals surface area contributed by atoms with Gasteiger partial charge in [-0.05, 0) is 30.7 Å². The summed E-state index contributed by atoms with van der Waals surface area (Å²) in [4.78, 5) is 17.7. The molecule has 0 fully saturated rings. The topological polar surface area (TPSA) is 70.7 Å². The van der Waals surface area contributed by atoms with Crippen molar-refractivity contribution in [2.24, 2.45) is 13.0 Å². The number of hydrogen-bond donors (Lipinski definition) is 1. The molecule has 5 nitrogen and oxygen atoms in total. The van der Waals surface area contributed by atoms with Gasteiger partial charge in [0.05, 0.1) is 11.3 Å². The molecular formula is C17H20N4OS2. The number of aromatic nitrogens is 2. The number of amides is 1. The Hall–Kier alpha value is -1.78. The van der Waals surface area contributed by atoms with Crippen LogP contribution in [-0.4, -0.2) is 21.2 Å². The van der Waals surface area contributed by atoms with E-state index in [-0.39, 0.29) is 11.7 Å². The van der Waals surface area contributed by atoms with Gasteiger partial charge in [-0.3, -0.25) is 4.79 Å². The number of aryl methyl sites for hydroxylation is 1. The van der Waals surface area contributed by atoms with E-state index in [1.54, 1.807) is 17.5 Å². The number of rotatable bonds is 5. The van der Waals surface area contributed by atoms with Crippen LogP contribution in [0.1, 0.15) is 35.8 Å². The Bertz CT molecular complexity index is 787. The molecule has 1 N–H and O–H groups in total. The zero-order valence-corrected chi connectivity index (χ0v) is 15.5. The Balaban J connectivity index is 1.69. The molecule has 0 aliphatic heterocycles. The van der Waals surface area contributed by atoms with Gasteiger partial charge >= 0.3 is 0 Å². The Kier molecular flexibility index (Phi) is 5.27. The number of hydrogen-bond acceptors (Lipinski definition) is 5. The van der Waals surface area contributed by atoms with Gasteiger partial charge in [0.2, 0.25) is 5.91 Å². The minimum atomic E-state index is -0.0925. The third kappa shape index (κ3) is 3.50. The van der Waals surface area contributed by atoms with Gasteiger partial charge in [-0.2, -0.15) is 5.26 Å². The van der Waals surface area contributed by atoms with Crippen LogP contribution < -0.4 is 5.32 Å². The predicted octanol–water partition coefficient (Wildman–Crippen LogP) is 3.60. The van der Waals surface area contributed by atoms with Crippen molar-refractivity contribution in [1.82, 2.24) is 9.55 Å². The zero-order chi connectivity index (χ0) is 17.1. The number of carbonyl (C=O) groups is 1. The number of nitriles is 1. The number of anilines is 1. The lowest BCUT2D eigenvalue weighted by atomic mass is 9.86. The fourth-order valence-corrected chi connectivity index (χ4v) is 5.05. The second-order valence-electron chi connectivity index (χ2n) is 5.99. The van der Waals surface area contributed by atoms with E-state index in [4.69, 9.17) is 0 Å². The van der Waals surface area contributed by atoms with Crippen LogP contribution in [-0.2, 0) is 24.7 Å². The van der Waals surface area contributed by atoms with Gasteiger partial charge < -0.3 is 9.88 Å². The molecule has 3 rings (SSSR count). The second-order valence-corrected chi connectivity index (χ2v) is 8.04. The molecule has 0 saturated heterocycles. The molecule has 2 aromatic rings. The molecule has 0 saturated carbocycles. The monoisotopic (exact) mass is 360 g/mol. The van der Waals surface area contributed by atoms with E-state index in [1.165, 1.54) is 23.1 Å². The van der Waals surface area contributed by atoms with Crippen molar-refractivity contribution in [2.45, 2.75) is 37.8 Å². The molecule has 2 heterocycles. The lowest BCUT2D eigenvalue weighted by Crippen LogP contribution is -2.14. The van der Waals surface area contributed by atoms with Gasteiger partial charge in [0.1, 0.15) is 11.1 Å². The fourth-order valence-electron chi connectivity index (χ4n) is 2.99. The molecule has 0 spiro atoms. The van der Waals surface area contributed by atoms with E-state index in [2.05, 4.69) is 23.3 Å². The van der Waals surface area contributed by atoms with E-state index in [0.29, 0.717) is 16.5 Å². The third-order valence-corrected chi connectivity index (χ3v) is 6.65. The number of thiophene rings is 1. The number of carbonyl (C=O) groups excluding carboxylic acids is 1. The Morgan fingerprint density at radius 1 is 1.62 bits per heavy atom. The number of nitrogens with zero attached hydrogens (tertiary/aromatic N) is 3. The van der Waals surface area contributed by atoms with Crippen molar-refractivity contribution < 1.29 is 4.79 Å². The SMILES string of the molecule is CC[C@@H]1CCc2c(sc(NC(=O)CSc3nccn3C)c2C#N)C1. The van der Waals surface area contributed by atoms with Crippen LogP contribution in [0.5, 0.6) is 0 Å². The van der Waals surface area contributed by atoms with E-state index in [1.807, 2.05) is 17.8 Å². The van der Waals surface area contributed by atoms with Crippen molar-refractivity contribution in [1.29, 1.82) is 5.26 Å². The Morgan fingerprint density at radius 2 is 2.46 bits per heavy atom. The molecule has 1 atom stereocenters. The standard InChI is InChI=1S/C17H20N4OS2/c1-3-11-4-5-12-13(9-18)16(24-14(12)8-11)20-15(22)10-23-17-19-6-7-21(17)2/h6-7,11H,3-5,8,10H2,1-2H3,(H,20,22)/t11-/m1/s1. The lowest BCUT2D eigenvalue weighted by Gasteiger charge is -2.20. The first kappa shape index (κ1) is 17.1. The van der Waals surface area contributed by atoms with Gasteiger partial charge in [-0.15, -0.1) is 11.3 Å². The molecule has 1 amide bonds. The summed E-state index contributed by atoms with van der Waals surface area (Å²) in [5, 5.41) is 14.0. The van der Waals surface area contributed by atoms with Crippen LogP contribution in [0.25, 0.3) is 0 Å². The first-order valence-electron chi connectivity index (χ1n) is 8.07. The van der Waals surface area contributed by atoms with Crippen molar-refractivity contribution >= 4 is 34.0 Å². The van der Waals surface area contributed by atoms with E-state index in [0.717, 1.165) is 30.0 Å². The summed E-state index contributed by atoms with van der Waals surface area (Å²) in [5.74, 6) is 0.894. The molecule has 0 unspecified atom stereocenters. The largest absolute Gasteiger partial charge is 0.329 e. The Morgan fingerprint density at radius 3 is 3.12 bits per heavy atom. The predicted molar refractivity (Wildman–Crippen MR) is 97.4 cm³/mol. The molecule has 1 aliphatic rings. The van der Waals surface area contributed by atoms with Crippen LogP contribution in [0.2, 0.25) is 0 Å². The quantitative estimate of drug-likeness (QED) is 0.827. The minimum absolute atomic E-state index is 0.0925. The second kappa shape index (κ2) is 7.41. The summed E-state index contributed by atoms with van der Waals surface area (Å²) in [7, 11) is 1.90. The molecule has 0 aromatic carbocycles. The number of fused-ring (bicyclic) bond motifs is 1. The van der Waals surface area contributed by atoms with E-state index in [9.17, 15) is 10.1 Å². The van der Waals surface area contributed by atoms with Gasteiger partial charge in [-0.25, -0.2) is 4.98 Å². The molecular weight excluding hydrogens is 340 g/mol. The maximum Gasteiger partial charge on any atom is 0.235 e. The average molecular weight is 361 g/mol. The Labute approximate surface area is 150 Å². The summed E-state index contributed by atoms with van der Waals surface area (Å²) >= 11 is 2.97. The molecule has 7 heteroatoms. The smallest absolute Gasteiger partial charge is 0.235 e. The minimum Gasteiger partial charge on any atom is -0.329 e. The average Bonchev–Trinajstić information content (AvgIpc) is 3.14. The summed E-state index contributed by atoms with van der Waals surface area (Å²) in [5.41, 5.74) is 1.82. The highest BCUT2D eigenvalue weighted by atomic mass is 32.2. The van der Waals surface area contributed by atoms with Crippen LogP contribution >= 0.6 is 23.1 Å². The van der Waals surface area contributed by atoms with Crippen molar-refractivity contribution in [3.05, 3.63) is 28.4 Å². The first-order valence-corrected chi connectivity index (χ1v) is 9.87. The summed E-state index contributed by atoms with van der Waals surface area (Å²) in [6.45, 7) is 2.21. The van der Waals surface area contributed by atoms with E-state index < -0.39 is 0 Å². The van der Waals surface area contributed by atoms with Crippen molar-refractivity contribution in [2.75, 3.05) is 11.1 Å². The maximum atomic E-state index is 12.2. The zero-order valence-electron chi connectivity index (χ0n) is 13.8. The lowest BCUT2D eigenvalue weighted by molar-refractivity contribution is -0.113. The van der Waals surface area contributed by atoms with Crippen molar-refractivity contribution in [3.63, 3.8) is 0 Å². The number of thioether (sulfide) groups is 1. The first-order chi connectivity index (χ1) is 11.6. The summed E-state index contributed by atoms with van der Waals surface area (Å²) < 4.78 is 1.88. The molecule has 0 bridgehead atoms. The van der Waals surface area contributed by atoms with Crippen LogP contribution in [0.15, 0.2) is 17.6 Å². The summed E-state index contributed by atoms with van der Waals surface area (Å²) in [6, 6.07) is 2.29. The highest BCUT2D eigenvalue weighted by molar-refractivity contribution is 7.99. The van der Waals surface area contributed by atoms with Gasteiger partial charge in [0.15, 0.2) is 5.16 Å². The molecule has 126 valence electrons. The van der Waals surface area contributed by atoms with Gasteiger partial charge in [0, 0.05) is 24.3 Å². The molecule has 24 heavy (non-hydrogen) atoms. The normalized spacial score (nSPS) is 16.5. The van der Waals surface area contributed by atoms with Crippen LogP contribution in [0.4, 0.5) is 5.00 Å². The molecule has 1 aliphatic carbocycles. The summed E-state index contributed by atoms with van der Waals surface area (Å²) in [6.07, 6.45) is 7.85. The molecule has 2 aromatic heterocycles. The van der Waals surface area contributed by atoms with E-state index >= 15 is 0 Å². The van der Waals surface area contributed by atoms with Gasteiger partial charge in [0.25, 0.3) is 0 Å². The fraction of sp³-hybridized carbons (Fsp3) is 0.471. The third-order valence-electron chi connectivity index (χ3n) is 4.42. The highest BCUT2D eigenvalue weighted by Gasteiger charge is 2.25. The van der Waals surface area contributed by atoms with Crippen LogP contribution in [0.3, 0.4) is 0 Å². The number of imidazole rings is 1. The maximum absolute atomic E-state index is 12.2. The highest BCUT2D eigenvalue weighted by Crippen LogP contribution is 2.40. The van der Waals surface area contributed by atoms with Crippen molar-refractivity contribution in [3.8, 4) is 6.07 Å².